The van der Waals surface area contributed by atoms with Gasteiger partial charge >= 0.3 is 0 Å². The molecule has 1 aliphatic carbocycles. The summed E-state index contributed by atoms with van der Waals surface area (Å²) >= 11 is 2.02. The number of nitrogens with one attached hydrogen (secondary N) is 1. The van der Waals surface area contributed by atoms with Crippen LogP contribution < -0.4 is 10.1 Å². The van der Waals surface area contributed by atoms with Gasteiger partial charge in [-0.15, -0.1) is 0 Å². The number of benzene rings is 1. The monoisotopic (exact) mass is 263 g/mol. The molecule has 18 heavy (non-hydrogen) atoms. The van der Waals surface area contributed by atoms with Gasteiger partial charge in [-0.05, 0) is 31.6 Å². The van der Waals surface area contributed by atoms with Crippen LogP contribution >= 0.6 is 11.8 Å². The van der Waals surface area contributed by atoms with Crippen molar-refractivity contribution < 1.29 is 4.74 Å². The van der Waals surface area contributed by atoms with E-state index in [9.17, 15) is 0 Å². The van der Waals surface area contributed by atoms with Gasteiger partial charge in [0, 0.05) is 29.3 Å². The molecular weight excluding hydrogens is 242 g/mol. The summed E-state index contributed by atoms with van der Waals surface area (Å²) in [5.41, 5.74) is 1.38. The molecule has 0 radical (unpaired) electrons. The molecule has 1 aromatic carbocycles. The second kappa shape index (κ2) is 5.54. The second-order valence-corrected chi connectivity index (χ2v) is 6.46. The third-order valence-corrected chi connectivity index (χ3v) is 5.26. The molecule has 1 heterocycles. The zero-order chi connectivity index (χ0) is 12.4. The zero-order valence-electron chi connectivity index (χ0n) is 10.9. The largest absolute Gasteiger partial charge is 0.493 e. The van der Waals surface area contributed by atoms with E-state index in [4.69, 9.17) is 4.74 Å². The first-order valence-corrected chi connectivity index (χ1v) is 8.13. The molecule has 0 bridgehead atoms. The molecular formula is C15H21NOS. The summed E-state index contributed by atoms with van der Waals surface area (Å²) in [6.45, 7) is 1.90. The molecule has 0 spiro atoms. The predicted molar refractivity (Wildman–Crippen MR) is 77.6 cm³/mol. The maximum absolute atomic E-state index is 5.72. The highest BCUT2D eigenvalue weighted by molar-refractivity contribution is 7.99. The highest BCUT2D eigenvalue weighted by Gasteiger charge is 2.27. The molecule has 3 atom stereocenters. The normalized spacial score (nSPS) is 30.2. The van der Waals surface area contributed by atoms with Crippen LogP contribution in [0, 0.1) is 0 Å². The Hall–Kier alpha value is -0.670. The van der Waals surface area contributed by atoms with Gasteiger partial charge in [-0.1, -0.05) is 18.2 Å². The number of para-hydroxylation sites is 1. The van der Waals surface area contributed by atoms with Gasteiger partial charge in [-0.3, -0.25) is 0 Å². The Bertz CT molecular complexity index is 409. The molecule has 2 nitrogen and oxygen atoms in total. The maximum Gasteiger partial charge on any atom is 0.122 e. The third-order valence-electron chi connectivity index (χ3n) is 4.17. The SMILES string of the molecule is CSC1CCC(NCC2COc3ccccc32)C1. The molecule has 98 valence electrons. The minimum absolute atomic E-state index is 0.537. The Morgan fingerprint density at radius 2 is 2.22 bits per heavy atom. The van der Waals surface area contributed by atoms with Gasteiger partial charge < -0.3 is 10.1 Å². The highest BCUT2D eigenvalue weighted by Crippen LogP contribution is 2.34. The lowest BCUT2D eigenvalue weighted by Crippen LogP contribution is -2.31. The molecule has 3 heteroatoms. The molecule has 1 fully saturated rings. The van der Waals surface area contributed by atoms with E-state index >= 15 is 0 Å². The van der Waals surface area contributed by atoms with E-state index in [1.165, 1.54) is 24.8 Å². The van der Waals surface area contributed by atoms with Crippen LogP contribution in [0.15, 0.2) is 24.3 Å². The minimum Gasteiger partial charge on any atom is -0.493 e. The maximum atomic E-state index is 5.72. The highest BCUT2D eigenvalue weighted by atomic mass is 32.2. The van der Waals surface area contributed by atoms with Crippen LogP contribution in [0.3, 0.4) is 0 Å². The fourth-order valence-electron chi connectivity index (χ4n) is 3.05. The van der Waals surface area contributed by atoms with Gasteiger partial charge in [-0.25, -0.2) is 0 Å². The van der Waals surface area contributed by atoms with Crippen molar-refractivity contribution >= 4 is 11.8 Å². The number of ether oxygens (including phenoxy) is 1. The van der Waals surface area contributed by atoms with E-state index in [0.29, 0.717) is 5.92 Å². The Morgan fingerprint density at radius 3 is 3.06 bits per heavy atom. The second-order valence-electron chi connectivity index (χ2n) is 5.32. The zero-order valence-corrected chi connectivity index (χ0v) is 11.7. The van der Waals surface area contributed by atoms with Crippen LogP contribution in [0.25, 0.3) is 0 Å². The van der Waals surface area contributed by atoms with Crippen molar-refractivity contribution in [2.24, 2.45) is 0 Å². The van der Waals surface area contributed by atoms with Gasteiger partial charge in [0.1, 0.15) is 5.75 Å². The molecule has 0 aromatic heterocycles. The van der Waals surface area contributed by atoms with Gasteiger partial charge in [-0.2, -0.15) is 11.8 Å². The third kappa shape index (κ3) is 2.52. The summed E-state index contributed by atoms with van der Waals surface area (Å²) in [4.78, 5) is 0. The van der Waals surface area contributed by atoms with E-state index in [0.717, 1.165) is 30.2 Å². The average molecular weight is 263 g/mol. The Balaban J connectivity index is 1.53. The first kappa shape index (κ1) is 12.4. The van der Waals surface area contributed by atoms with E-state index in [-0.39, 0.29) is 0 Å². The topological polar surface area (TPSA) is 21.3 Å². The van der Waals surface area contributed by atoms with Crippen molar-refractivity contribution in [1.82, 2.24) is 5.32 Å². The molecule has 2 aliphatic rings. The lowest BCUT2D eigenvalue weighted by atomic mass is 10.0. The standard InChI is InChI=1S/C15H21NOS/c1-18-13-7-6-12(8-13)16-9-11-10-17-15-5-3-2-4-14(11)15/h2-5,11-13,16H,6-10H2,1H3. The quantitative estimate of drug-likeness (QED) is 0.902. The van der Waals surface area contributed by atoms with E-state index in [2.05, 4.69) is 35.8 Å². The van der Waals surface area contributed by atoms with Gasteiger partial charge in [0.25, 0.3) is 0 Å². The number of thioether (sulfide) groups is 1. The van der Waals surface area contributed by atoms with Crippen LogP contribution in [-0.4, -0.2) is 30.7 Å². The Morgan fingerprint density at radius 1 is 1.33 bits per heavy atom. The molecule has 1 aliphatic heterocycles. The first-order chi connectivity index (χ1) is 8.86. The lowest BCUT2D eigenvalue weighted by Gasteiger charge is -2.16. The molecule has 1 saturated carbocycles. The smallest absolute Gasteiger partial charge is 0.122 e. The van der Waals surface area contributed by atoms with E-state index in [1.807, 2.05) is 11.8 Å². The molecule has 1 N–H and O–H groups in total. The van der Waals surface area contributed by atoms with Crippen LogP contribution in [0.1, 0.15) is 30.7 Å². The lowest BCUT2D eigenvalue weighted by molar-refractivity contribution is 0.322. The van der Waals surface area contributed by atoms with Crippen LogP contribution in [0.5, 0.6) is 5.75 Å². The summed E-state index contributed by atoms with van der Waals surface area (Å²) in [7, 11) is 0. The first-order valence-electron chi connectivity index (χ1n) is 6.84. The number of hydrogen-bond acceptors (Lipinski definition) is 3. The summed E-state index contributed by atoms with van der Waals surface area (Å²) < 4.78 is 5.72. The number of rotatable bonds is 4. The molecule has 3 rings (SSSR count). The fraction of sp³-hybridized carbons (Fsp3) is 0.600. The minimum atomic E-state index is 0.537. The summed E-state index contributed by atoms with van der Waals surface area (Å²) in [6.07, 6.45) is 6.27. The van der Waals surface area contributed by atoms with Crippen molar-refractivity contribution in [2.45, 2.75) is 36.5 Å². The summed E-state index contributed by atoms with van der Waals surface area (Å²) in [5, 5.41) is 4.61. The van der Waals surface area contributed by atoms with Gasteiger partial charge in [0.2, 0.25) is 0 Å². The Labute approximate surface area is 113 Å². The van der Waals surface area contributed by atoms with Crippen molar-refractivity contribution in [3.05, 3.63) is 29.8 Å². The Kier molecular flexibility index (Phi) is 3.80. The van der Waals surface area contributed by atoms with E-state index < -0.39 is 0 Å². The number of fused-ring (bicyclic) bond motifs is 1. The van der Waals surface area contributed by atoms with Crippen LogP contribution in [-0.2, 0) is 0 Å². The number of hydrogen-bond donors (Lipinski definition) is 1. The molecule has 3 unspecified atom stereocenters. The average Bonchev–Trinajstić information content (AvgIpc) is 3.03. The van der Waals surface area contributed by atoms with Crippen molar-refractivity contribution in [1.29, 1.82) is 0 Å². The summed E-state index contributed by atoms with van der Waals surface area (Å²) in [5.74, 6) is 1.62. The van der Waals surface area contributed by atoms with Gasteiger partial charge in [0.15, 0.2) is 0 Å². The molecule has 0 amide bonds. The fourth-order valence-corrected chi connectivity index (χ4v) is 3.84. The van der Waals surface area contributed by atoms with Gasteiger partial charge in [0.05, 0.1) is 6.61 Å². The van der Waals surface area contributed by atoms with Crippen LogP contribution in [0.4, 0.5) is 0 Å². The summed E-state index contributed by atoms with van der Waals surface area (Å²) in [6, 6.07) is 9.16. The van der Waals surface area contributed by atoms with Crippen molar-refractivity contribution in [2.75, 3.05) is 19.4 Å². The van der Waals surface area contributed by atoms with Crippen molar-refractivity contribution in [3.8, 4) is 5.75 Å². The van der Waals surface area contributed by atoms with Crippen LogP contribution in [0.2, 0.25) is 0 Å². The molecule has 0 saturated heterocycles. The van der Waals surface area contributed by atoms with Crippen molar-refractivity contribution in [3.63, 3.8) is 0 Å². The molecule has 1 aromatic rings. The van der Waals surface area contributed by atoms with E-state index in [1.54, 1.807) is 0 Å². The predicted octanol–water partition coefficient (Wildman–Crippen LogP) is 3.04.